The summed E-state index contributed by atoms with van der Waals surface area (Å²) < 4.78 is 0. The molecule has 0 atom stereocenters. The fraction of sp³-hybridized carbons (Fsp3) is 0.471. The van der Waals surface area contributed by atoms with E-state index >= 15 is 0 Å². The molecule has 0 aliphatic rings. The summed E-state index contributed by atoms with van der Waals surface area (Å²) in [6.07, 6.45) is 13.0. The Morgan fingerprint density at radius 3 is 2.28 bits per heavy atom. The third-order valence-electron chi connectivity index (χ3n) is 2.99. The minimum atomic E-state index is 0.960. The van der Waals surface area contributed by atoms with Gasteiger partial charge in [-0.2, -0.15) is 0 Å². The van der Waals surface area contributed by atoms with Crippen LogP contribution in [0.1, 0.15) is 50.5 Å². The van der Waals surface area contributed by atoms with Gasteiger partial charge in [0, 0.05) is 12.8 Å². The van der Waals surface area contributed by atoms with Crippen LogP contribution in [0.5, 0.6) is 0 Å². The lowest BCUT2D eigenvalue weighted by Gasteiger charge is -1.99. The second kappa shape index (κ2) is 10.8. The van der Waals surface area contributed by atoms with E-state index in [2.05, 4.69) is 23.7 Å². The largest absolute Gasteiger partial charge is 0.293 e. The zero-order valence-electron chi connectivity index (χ0n) is 11.4. The van der Waals surface area contributed by atoms with Gasteiger partial charge in [0.15, 0.2) is 0 Å². The van der Waals surface area contributed by atoms with E-state index in [-0.39, 0.29) is 0 Å². The molecule has 0 saturated heterocycles. The van der Waals surface area contributed by atoms with Crippen LogP contribution in [0.3, 0.4) is 0 Å². The van der Waals surface area contributed by atoms with Gasteiger partial charge in [-0.25, -0.2) is 0 Å². The van der Waals surface area contributed by atoms with Crippen LogP contribution >= 0.6 is 0 Å². The maximum atomic E-state index is 4.45. The van der Waals surface area contributed by atoms with E-state index in [9.17, 15) is 0 Å². The number of rotatable bonds is 10. The van der Waals surface area contributed by atoms with Gasteiger partial charge >= 0.3 is 0 Å². The van der Waals surface area contributed by atoms with Crippen molar-refractivity contribution in [1.29, 1.82) is 0 Å². The Bertz CT molecular complexity index is 327. The molecule has 0 radical (unpaired) electrons. The molecular weight excluding hydrogens is 218 g/mol. The Morgan fingerprint density at radius 2 is 1.56 bits per heavy atom. The van der Waals surface area contributed by atoms with Crippen LogP contribution in [0.2, 0.25) is 0 Å². The van der Waals surface area contributed by atoms with Crippen molar-refractivity contribution in [3.05, 3.63) is 48.6 Å². The van der Waals surface area contributed by atoms with E-state index in [0.29, 0.717) is 0 Å². The van der Waals surface area contributed by atoms with Gasteiger partial charge in [-0.05, 0) is 24.8 Å². The smallest absolute Gasteiger partial charge is 0.0389 e. The van der Waals surface area contributed by atoms with Gasteiger partial charge in [-0.1, -0.05) is 62.1 Å². The Morgan fingerprint density at radius 1 is 0.889 bits per heavy atom. The number of allylic oxidation sites excluding steroid dienone is 1. The summed E-state index contributed by atoms with van der Waals surface area (Å²) in [5, 5.41) is 0. The topological polar surface area (TPSA) is 12.4 Å². The molecule has 0 heterocycles. The van der Waals surface area contributed by atoms with E-state index in [1.807, 2.05) is 30.5 Å². The summed E-state index contributed by atoms with van der Waals surface area (Å²) in [5.41, 5.74) is 1.20. The summed E-state index contributed by atoms with van der Waals surface area (Å²) in [5.74, 6) is 0. The van der Waals surface area contributed by atoms with Crippen molar-refractivity contribution in [2.45, 2.75) is 44.9 Å². The number of hydrogen-bond donors (Lipinski definition) is 0. The zero-order chi connectivity index (χ0) is 12.9. The van der Waals surface area contributed by atoms with Crippen molar-refractivity contribution in [3.63, 3.8) is 0 Å². The van der Waals surface area contributed by atoms with Crippen molar-refractivity contribution in [2.24, 2.45) is 4.99 Å². The molecule has 98 valence electrons. The molecule has 1 heteroatoms. The van der Waals surface area contributed by atoms with Crippen molar-refractivity contribution in [1.82, 2.24) is 0 Å². The molecule has 0 N–H and O–H groups in total. The first-order valence-corrected chi connectivity index (χ1v) is 7.09. The summed E-state index contributed by atoms with van der Waals surface area (Å²) in [4.78, 5) is 4.45. The third kappa shape index (κ3) is 7.83. The molecule has 0 unspecified atom stereocenters. The maximum absolute atomic E-state index is 4.45. The standard InChI is InChI=1S/C17H25N/c1-2-3-4-5-6-7-8-12-15-18-16-17-13-10-9-11-14-17/h2,9-11,13-14,16H,1,3-8,12,15H2. The molecule has 0 aliphatic heterocycles. The molecule has 0 aromatic heterocycles. The molecule has 0 saturated carbocycles. The first-order valence-electron chi connectivity index (χ1n) is 7.09. The third-order valence-corrected chi connectivity index (χ3v) is 2.99. The number of unbranched alkanes of at least 4 members (excludes halogenated alkanes) is 6. The second-order valence-corrected chi connectivity index (χ2v) is 4.64. The molecule has 1 nitrogen and oxygen atoms in total. The van der Waals surface area contributed by atoms with E-state index < -0.39 is 0 Å². The zero-order valence-corrected chi connectivity index (χ0v) is 11.4. The molecule has 0 fully saturated rings. The average molecular weight is 243 g/mol. The Labute approximate surface area is 112 Å². The lowest BCUT2D eigenvalue weighted by Crippen LogP contribution is -1.86. The summed E-state index contributed by atoms with van der Waals surface area (Å²) in [6.45, 7) is 4.70. The monoisotopic (exact) mass is 243 g/mol. The first-order chi connectivity index (χ1) is 8.93. The lowest BCUT2D eigenvalue weighted by atomic mass is 10.1. The van der Waals surface area contributed by atoms with Crippen LogP contribution in [0.25, 0.3) is 0 Å². The Balaban J connectivity index is 1.92. The highest BCUT2D eigenvalue weighted by molar-refractivity contribution is 5.79. The van der Waals surface area contributed by atoms with Gasteiger partial charge in [0.2, 0.25) is 0 Å². The van der Waals surface area contributed by atoms with Gasteiger partial charge < -0.3 is 0 Å². The number of benzene rings is 1. The lowest BCUT2D eigenvalue weighted by molar-refractivity contribution is 0.601. The van der Waals surface area contributed by atoms with Crippen molar-refractivity contribution >= 4 is 6.21 Å². The van der Waals surface area contributed by atoms with Crippen LogP contribution in [-0.2, 0) is 0 Å². The molecule has 1 rings (SSSR count). The van der Waals surface area contributed by atoms with Crippen molar-refractivity contribution in [2.75, 3.05) is 6.54 Å². The van der Waals surface area contributed by atoms with Gasteiger partial charge in [-0.3, -0.25) is 4.99 Å². The number of nitrogens with zero attached hydrogens (tertiary/aromatic N) is 1. The van der Waals surface area contributed by atoms with Gasteiger partial charge in [0.05, 0.1) is 0 Å². The van der Waals surface area contributed by atoms with E-state index in [0.717, 1.165) is 6.54 Å². The highest BCUT2D eigenvalue weighted by Gasteiger charge is 1.90. The minimum Gasteiger partial charge on any atom is -0.293 e. The van der Waals surface area contributed by atoms with E-state index in [1.165, 1.54) is 50.5 Å². The van der Waals surface area contributed by atoms with E-state index in [4.69, 9.17) is 0 Å². The van der Waals surface area contributed by atoms with Gasteiger partial charge in [0.1, 0.15) is 0 Å². The normalized spacial score (nSPS) is 10.9. The summed E-state index contributed by atoms with van der Waals surface area (Å²) in [6, 6.07) is 10.3. The minimum absolute atomic E-state index is 0.960. The van der Waals surface area contributed by atoms with Gasteiger partial charge in [0.25, 0.3) is 0 Å². The SMILES string of the molecule is C=CCCCCCCCCN=Cc1ccccc1. The molecule has 1 aromatic carbocycles. The van der Waals surface area contributed by atoms with Crippen LogP contribution in [0.15, 0.2) is 48.0 Å². The van der Waals surface area contributed by atoms with Crippen LogP contribution in [0, 0.1) is 0 Å². The summed E-state index contributed by atoms with van der Waals surface area (Å²) in [7, 11) is 0. The quantitative estimate of drug-likeness (QED) is 0.311. The number of hydrogen-bond acceptors (Lipinski definition) is 1. The number of aliphatic imine (C=N–C) groups is 1. The predicted octanol–water partition coefficient (Wildman–Crippen LogP) is 5.02. The summed E-state index contributed by atoms with van der Waals surface area (Å²) >= 11 is 0. The Kier molecular flexibility index (Phi) is 8.78. The first kappa shape index (κ1) is 14.7. The molecule has 0 aliphatic carbocycles. The molecule has 18 heavy (non-hydrogen) atoms. The predicted molar refractivity (Wildman–Crippen MR) is 81.4 cm³/mol. The van der Waals surface area contributed by atoms with Crippen molar-refractivity contribution in [3.8, 4) is 0 Å². The molecule has 1 aromatic rings. The maximum Gasteiger partial charge on any atom is 0.0389 e. The van der Waals surface area contributed by atoms with E-state index in [1.54, 1.807) is 0 Å². The fourth-order valence-corrected chi connectivity index (χ4v) is 1.91. The highest BCUT2D eigenvalue weighted by atomic mass is 14.7. The molecular formula is C17H25N. The second-order valence-electron chi connectivity index (χ2n) is 4.64. The highest BCUT2D eigenvalue weighted by Crippen LogP contribution is 2.07. The Hall–Kier alpha value is -1.37. The molecule has 0 bridgehead atoms. The van der Waals surface area contributed by atoms with Crippen LogP contribution in [0.4, 0.5) is 0 Å². The fourth-order valence-electron chi connectivity index (χ4n) is 1.91. The molecule has 0 amide bonds. The van der Waals surface area contributed by atoms with Crippen LogP contribution in [-0.4, -0.2) is 12.8 Å². The van der Waals surface area contributed by atoms with Crippen molar-refractivity contribution < 1.29 is 0 Å². The average Bonchev–Trinajstić information content (AvgIpc) is 2.42. The van der Waals surface area contributed by atoms with Crippen LogP contribution < -0.4 is 0 Å². The van der Waals surface area contributed by atoms with Gasteiger partial charge in [-0.15, -0.1) is 6.58 Å². The molecule has 0 spiro atoms.